The number of methoxy groups -OCH3 is 1. The lowest BCUT2D eigenvalue weighted by molar-refractivity contribution is -0.376. The van der Waals surface area contributed by atoms with E-state index in [0.717, 1.165) is 11.3 Å². The lowest BCUT2D eigenvalue weighted by Crippen LogP contribution is -2.54. The van der Waals surface area contributed by atoms with Gasteiger partial charge in [0.2, 0.25) is 0 Å². The van der Waals surface area contributed by atoms with Crippen LogP contribution in [0, 0.1) is 0 Å². The summed E-state index contributed by atoms with van der Waals surface area (Å²) in [5, 5.41) is 12.8. The summed E-state index contributed by atoms with van der Waals surface area (Å²) < 4.78 is 99.0. The molecule has 2 N–H and O–H groups in total. The molecular weight excluding hydrogens is 634 g/mol. The minimum atomic E-state index is -6.01. The van der Waals surface area contributed by atoms with E-state index >= 15 is 0 Å². The Hall–Kier alpha value is -3.68. The van der Waals surface area contributed by atoms with Crippen molar-refractivity contribution in [2.24, 2.45) is 0 Å². The highest BCUT2D eigenvalue weighted by Crippen LogP contribution is 2.51. The highest BCUT2D eigenvalue weighted by Gasteiger charge is 2.71. The fraction of sp³-hybridized carbons (Fsp3) is 0.576. The zero-order valence-corrected chi connectivity index (χ0v) is 27.2. The minimum Gasteiger partial charge on any atom is -0.493 e. The van der Waals surface area contributed by atoms with Gasteiger partial charge in [-0.1, -0.05) is 39.7 Å². The monoisotopic (exact) mass is 676 g/mol. The molecule has 8 nitrogen and oxygen atoms in total. The third-order valence-electron chi connectivity index (χ3n) is 8.02. The molecule has 0 radical (unpaired) electrons. The number of nitrogens with one attached hydrogen (secondary N) is 1. The molecule has 0 bridgehead atoms. The van der Waals surface area contributed by atoms with Crippen molar-refractivity contribution in [3.63, 3.8) is 0 Å². The second-order valence-corrected chi connectivity index (χ2v) is 11.6. The van der Waals surface area contributed by atoms with Gasteiger partial charge in [0.25, 0.3) is 11.5 Å². The molecule has 1 unspecified atom stereocenters. The smallest absolute Gasteiger partial charge is 0.430 e. The van der Waals surface area contributed by atoms with Crippen molar-refractivity contribution >= 4 is 11.9 Å². The average Bonchev–Trinajstić information content (AvgIpc) is 3.22. The number of alkyl halides is 6. The van der Waals surface area contributed by atoms with E-state index in [1.54, 1.807) is 39.0 Å². The SMILES string of the molecule is CCCOc1ccc(C2(C)NC(=O)N(CCCCOc3c(CCC)cc(C(O)(C(F)(F)F)C(F)(F)F)cc3CCC)C2=O)cc1OC. The van der Waals surface area contributed by atoms with Gasteiger partial charge in [-0.15, -0.1) is 0 Å². The Kier molecular flexibility index (Phi) is 12.1. The van der Waals surface area contributed by atoms with Crippen LogP contribution < -0.4 is 19.5 Å². The van der Waals surface area contributed by atoms with Crippen LogP contribution in [0.4, 0.5) is 31.1 Å². The van der Waals surface area contributed by atoms with Crippen LogP contribution in [0.15, 0.2) is 30.3 Å². The number of aliphatic hydroxyl groups is 1. The van der Waals surface area contributed by atoms with Gasteiger partial charge in [-0.3, -0.25) is 9.69 Å². The molecule has 1 aliphatic heterocycles. The number of hydrogen-bond acceptors (Lipinski definition) is 6. The molecule has 1 fully saturated rings. The van der Waals surface area contributed by atoms with Gasteiger partial charge in [-0.2, -0.15) is 26.3 Å². The Morgan fingerprint density at radius 1 is 0.830 bits per heavy atom. The van der Waals surface area contributed by atoms with E-state index in [9.17, 15) is 41.0 Å². The molecule has 1 atom stereocenters. The van der Waals surface area contributed by atoms with Crippen LogP contribution in [0.3, 0.4) is 0 Å². The van der Waals surface area contributed by atoms with Crippen molar-refractivity contribution in [2.45, 2.75) is 96.1 Å². The first-order valence-electron chi connectivity index (χ1n) is 15.6. The maximum atomic E-state index is 13.7. The second-order valence-electron chi connectivity index (χ2n) is 11.6. The molecule has 0 spiro atoms. The van der Waals surface area contributed by atoms with E-state index in [0.29, 0.717) is 61.5 Å². The van der Waals surface area contributed by atoms with Gasteiger partial charge < -0.3 is 24.6 Å². The van der Waals surface area contributed by atoms with E-state index in [1.165, 1.54) is 7.11 Å². The van der Waals surface area contributed by atoms with Crippen LogP contribution in [0.2, 0.25) is 0 Å². The molecule has 0 aliphatic carbocycles. The van der Waals surface area contributed by atoms with Gasteiger partial charge >= 0.3 is 18.4 Å². The average molecular weight is 677 g/mol. The number of amides is 3. The fourth-order valence-corrected chi connectivity index (χ4v) is 5.50. The Labute approximate surface area is 270 Å². The third kappa shape index (κ3) is 7.73. The van der Waals surface area contributed by atoms with E-state index in [2.05, 4.69) is 5.32 Å². The molecule has 47 heavy (non-hydrogen) atoms. The number of ether oxygens (including phenoxy) is 3. The minimum absolute atomic E-state index is 0.0208. The maximum absolute atomic E-state index is 13.7. The van der Waals surface area contributed by atoms with Gasteiger partial charge in [0.1, 0.15) is 11.3 Å². The molecule has 262 valence electrons. The van der Waals surface area contributed by atoms with Crippen LogP contribution >= 0.6 is 0 Å². The van der Waals surface area contributed by atoms with Gasteiger partial charge in [0.05, 0.1) is 20.3 Å². The van der Waals surface area contributed by atoms with Crippen molar-refractivity contribution in [1.29, 1.82) is 0 Å². The second kappa shape index (κ2) is 15.0. The molecule has 3 rings (SSSR count). The highest BCUT2D eigenvalue weighted by atomic mass is 19.4. The Balaban J connectivity index is 1.74. The molecule has 2 aromatic carbocycles. The number of benzene rings is 2. The first kappa shape index (κ1) is 37.8. The molecule has 2 aromatic rings. The number of unbranched alkanes of at least 4 members (excludes halogenated alkanes) is 1. The summed E-state index contributed by atoms with van der Waals surface area (Å²) in [5.41, 5.74) is -6.97. The van der Waals surface area contributed by atoms with Crippen molar-refractivity contribution in [3.8, 4) is 17.2 Å². The third-order valence-corrected chi connectivity index (χ3v) is 8.02. The van der Waals surface area contributed by atoms with E-state index in [4.69, 9.17) is 14.2 Å². The van der Waals surface area contributed by atoms with Gasteiger partial charge in [-0.05, 0) is 80.0 Å². The summed E-state index contributed by atoms with van der Waals surface area (Å²) in [5.74, 6) is 0.618. The number of imide groups is 1. The number of carbonyl (C=O) groups excluding carboxylic acids is 2. The number of rotatable bonds is 16. The lowest BCUT2D eigenvalue weighted by atomic mass is 9.87. The highest BCUT2D eigenvalue weighted by molar-refractivity contribution is 6.07. The predicted molar refractivity (Wildman–Crippen MR) is 162 cm³/mol. The van der Waals surface area contributed by atoms with Crippen molar-refractivity contribution in [3.05, 3.63) is 52.6 Å². The normalized spacial score (nSPS) is 17.2. The molecule has 0 saturated carbocycles. The summed E-state index contributed by atoms with van der Waals surface area (Å²) in [4.78, 5) is 27.3. The summed E-state index contributed by atoms with van der Waals surface area (Å²) in [6, 6.07) is 5.83. The van der Waals surface area contributed by atoms with Gasteiger partial charge in [0.15, 0.2) is 11.5 Å². The van der Waals surface area contributed by atoms with Crippen LogP contribution in [0.5, 0.6) is 17.2 Å². The Morgan fingerprint density at radius 3 is 1.94 bits per heavy atom. The van der Waals surface area contributed by atoms with Gasteiger partial charge in [0, 0.05) is 12.1 Å². The van der Waals surface area contributed by atoms with Crippen molar-refractivity contribution in [1.82, 2.24) is 10.2 Å². The molecular formula is C33H42F6N2O6. The number of urea groups is 1. The number of carbonyl (C=O) groups is 2. The van der Waals surface area contributed by atoms with Crippen LogP contribution in [-0.4, -0.2) is 61.2 Å². The van der Waals surface area contributed by atoms with Gasteiger partial charge in [-0.25, -0.2) is 4.79 Å². The van der Waals surface area contributed by atoms with E-state index in [-0.39, 0.29) is 42.9 Å². The zero-order chi connectivity index (χ0) is 35.2. The summed E-state index contributed by atoms with van der Waals surface area (Å²) in [6.07, 6.45) is -9.57. The molecule has 0 aromatic heterocycles. The Bertz CT molecular complexity index is 1370. The Morgan fingerprint density at radius 2 is 1.43 bits per heavy atom. The van der Waals surface area contributed by atoms with Crippen LogP contribution in [0.25, 0.3) is 0 Å². The number of nitrogens with zero attached hydrogens (tertiary/aromatic N) is 1. The first-order valence-corrected chi connectivity index (χ1v) is 15.6. The van der Waals surface area contributed by atoms with Crippen molar-refractivity contribution in [2.75, 3.05) is 26.9 Å². The molecule has 1 aliphatic rings. The lowest BCUT2D eigenvalue weighted by Gasteiger charge is -2.33. The van der Waals surface area contributed by atoms with Crippen LogP contribution in [0.1, 0.15) is 82.1 Å². The maximum Gasteiger partial charge on any atom is 0.430 e. The number of aryl methyl sites for hydroxylation is 2. The molecule has 14 heteroatoms. The first-order chi connectivity index (χ1) is 22.0. The largest absolute Gasteiger partial charge is 0.493 e. The summed E-state index contributed by atoms with van der Waals surface area (Å²) >= 11 is 0. The van der Waals surface area contributed by atoms with E-state index < -0.39 is 41.0 Å². The zero-order valence-electron chi connectivity index (χ0n) is 27.2. The molecule has 1 saturated heterocycles. The van der Waals surface area contributed by atoms with E-state index in [1.807, 2.05) is 6.92 Å². The molecule has 1 heterocycles. The predicted octanol–water partition coefficient (Wildman–Crippen LogP) is 7.33. The molecule has 3 amide bonds. The quantitative estimate of drug-likeness (QED) is 0.110. The number of hydrogen-bond donors (Lipinski definition) is 2. The van der Waals surface area contributed by atoms with Crippen LogP contribution in [-0.2, 0) is 28.8 Å². The summed E-state index contributed by atoms with van der Waals surface area (Å²) in [6.45, 7) is 7.52. The fourth-order valence-electron chi connectivity index (χ4n) is 5.50. The summed E-state index contributed by atoms with van der Waals surface area (Å²) in [7, 11) is 1.47. The standard InChI is InChI=1S/C33H42F6N2O6/c1-6-11-21-18-24(31(44,32(34,35)36)33(37,38)39)19-22(12-7-2)27(21)47-17-10-9-15-41-28(42)30(4,40-29(41)43)23-13-14-25(46-16-8-3)26(20-23)45-5/h13-14,18-20,44H,6-12,15-17H2,1-5H3,(H,40,43). The van der Waals surface area contributed by atoms with Crippen molar-refractivity contribution < 1.29 is 55.2 Å². The topological polar surface area (TPSA) is 97.3 Å². The number of halogens is 6.